The Labute approximate surface area is 193 Å². The topological polar surface area (TPSA) is 125 Å². The minimum Gasteiger partial charge on any atom is -0.497 e. The number of nitrogens with one attached hydrogen (secondary N) is 2. The number of rotatable bonds is 8. The fourth-order valence-electron chi connectivity index (χ4n) is 3.61. The fraction of sp³-hybridized carbons (Fsp3) is 0.304. The molecule has 2 amide bonds. The maximum absolute atomic E-state index is 13.3. The van der Waals surface area contributed by atoms with E-state index < -0.39 is 34.1 Å². The molecule has 0 saturated heterocycles. The van der Waals surface area contributed by atoms with E-state index in [4.69, 9.17) is 4.74 Å². The van der Waals surface area contributed by atoms with E-state index in [2.05, 4.69) is 10.6 Å². The quantitative estimate of drug-likeness (QED) is 0.504. The predicted octanol–water partition coefficient (Wildman–Crippen LogP) is 2.01. The molecule has 0 bridgehead atoms. The van der Waals surface area contributed by atoms with Crippen LogP contribution in [0.25, 0.3) is 0 Å². The van der Waals surface area contributed by atoms with E-state index in [0.29, 0.717) is 18.7 Å². The van der Waals surface area contributed by atoms with Crippen molar-refractivity contribution in [2.45, 2.75) is 29.8 Å². The number of hydrogen-bond donors (Lipinski definition) is 3. The van der Waals surface area contributed by atoms with Gasteiger partial charge in [0.2, 0.25) is 10.0 Å². The van der Waals surface area contributed by atoms with Crippen LogP contribution in [0.15, 0.2) is 71.6 Å². The van der Waals surface area contributed by atoms with E-state index in [1.54, 1.807) is 12.2 Å². The van der Waals surface area contributed by atoms with E-state index in [1.807, 2.05) is 30.3 Å². The molecule has 0 saturated carbocycles. The third-order valence-electron chi connectivity index (χ3n) is 5.31. The van der Waals surface area contributed by atoms with Crippen molar-refractivity contribution in [1.29, 1.82) is 0 Å². The average molecular weight is 474 g/mol. The summed E-state index contributed by atoms with van der Waals surface area (Å²) >= 11 is 0. The van der Waals surface area contributed by atoms with Crippen molar-refractivity contribution in [3.05, 3.63) is 72.3 Å². The summed E-state index contributed by atoms with van der Waals surface area (Å²) in [4.78, 5) is 24.6. The molecule has 3 rings (SSSR count). The normalized spacial score (nSPS) is 18.8. The van der Waals surface area contributed by atoms with Crippen LogP contribution in [0.5, 0.6) is 5.75 Å². The highest BCUT2D eigenvalue weighted by Gasteiger charge is 2.41. The third-order valence-corrected chi connectivity index (χ3v) is 7.17. The zero-order valence-electron chi connectivity index (χ0n) is 18.2. The smallest absolute Gasteiger partial charge is 0.324 e. The zero-order chi connectivity index (χ0) is 23.8. The van der Waals surface area contributed by atoms with Crippen LogP contribution in [-0.2, 0) is 21.2 Å². The van der Waals surface area contributed by atoms with Gasteiger partial charge in [0.1, 0.15) is 11.8 Å². The lowest BCUT2D eigenvalue weighted by Gasteiger charge is -2.31. The van der Waals surface area contributed by atoms with Gasteiger partial charge in [0.05, 0.1) is 18.0 Å². The molecule has 2 atom stereocenters. The van der Waals surface area contributed by atoms with Gasteiger partial charge in [0, 0.05) is 13.1 Å². The van der Waals surface area contributed by atoms with Crippen molar-refractivity contribution in [1.82, 2.24) is 14.9 Å². The number of ether oxygens (including phenoxy) is 1. The van der Waals surface area contributed by atoms with Crippen LogP contribution in [0.4, 0.5) is 4.79 Å². The lowest BCUT2D eigenvalue weighted by molar-refractivity contribution is -0.142. The summed E-state index contributed by atoms with van der Waals surface area (Å²) in [6, 6.07) is 12.3. The first kappa shape index (κ1) is 24.3. The van der Waals surface area contributed by atoms with Gasteiger partial charge in [-0.3, -0.25) is 4.79 Å². The molecule has 176 valence electrons. The van der Waals surface area contributed by atoms with Crippen LogP contribution in [0.1, 0.15) is 12.0 Å². The molecule has 0 aliphatic carbocycles. The van der Waals surface area contributed by atoms with Crippen molar-refractivity contribution in [3.8, 4) is 5.75 Å². The van der Waals surface area contributed by atoms with Crippen molar-refractivity contribution >= 4 is 22.0 Å². The standard InChI is InChI=1S/C23H27N3O6S/c1-32-18-10-12-19(13-11-18)33(30,31)26-16-6-5-9-20(21(26)22(27)28)25-23(29)24-15-14-17-7-3-2-4-8-17/h2-8,10-13,20-21H,9,14-16H2,1H3,(H,27,28)(H2,24,25,29). The van der Waals surface area contributed by atoms with Gasteiger partial charge in [-0.25, -0.2) is 13.2 Å². The first-order chi connectivity index (χ1) is 15.8. The largest absolute Gasteiger partial charge is 0.497 e. The highest BCUT2D eigenvalue weighted by Crippen LogP contribution is 2.25. The van der Waals surface area contributed by atoms with E-state index in [1.165, 1.54) is 31.4 Å². The molecule has 3 N–H and O–H groups in total. The number of carbonyl (C=O) groups excluding carboxylic acids is 1. The highest BCUT2D eigenvalue weighted by atomic mass is 32.2. The molecule has 0 fully saturated rings. The van der Waals surface area contributed by atoms with Gasteiger partial charge in [-0.05, 0) is 42.7 Å². The van der Waals surface area contributed by atoms with E-state index in [0.717, 1.165) is 9.87 Å². The SMILES string of the molecule is COc1ccc(S(=O)(=O)N2CC=CCC(NC(=O)NCCc3ccccc3)C2C(=O)O)cc1. The molecule has 2 unspecified atom stereocenters. The van der Waals surface area contributed by atoms with E-state index >= 15 is 0 Å². The van der Waals surface area contributed by atoms with Crippen LogP contribution in [-0.4, -0.2) is 62.1 Å². The average Bonchev–Trinajstić information content (AvgIpc) is 3.03. The van der Waals surface area contributed by atoms with Gasteiger partial charge in [0.15, 0.2) is 0 Å². The van der Waals surface area contributed by atoms with Crippen LogP contribution in [0, 0.1) is 0 Å². The molecule has 2 aromatic carbocycles. The molecule has 9 nitrogen and oxygen atoms in total. The number of methoxy groups -OCH3 is 1. The van der Waals surface area contributed by atoms with Gasteiger partial charge in [-0.15, -0.1) is 0 Å². The van der Waals surface area contributed by atoms with Crippen molar-refractivity contribution in [2.75, 3.05) is 20.2 Å². The predicted molar refractivity (Wildman–Crippen MR) is 123 cm³/mol. The maximum atomic E-state index is 13.3. The van der Waals surface area contributed by atoms with Gasteiger partial charge >= 0.3 is 12.0 Å². The van der Waals surface area contributed by atoms with Gasteiger partial charge in [-0.2, -0.15) is 4.31 Å². The first-order valence-electron chi connectivity index (χ1n) is 10.4. The van der Waals surface area contributed by atoms with Crippen molar-refractivity contribution in [3.63, 3.8) is 0 Å². The molecular formula is C23H27N3O6S. The second kappa shape index (κ2) is 11.0. The number of benzene rings is 2. The second-order valence-electron chi connectivity index (χ2n) is 7.48. The summed E-state index contributed by atoms with van der Waals surface area (Å²) in [6.07, 6.45) is 4.05. The van der Waals surface area contributed by atoms with Gasteiger partial charge in [-0.1, -0.05) is 42.5 Å². The van der Waals surface area contributed by atoms with Crippen molar-refractivity contribution in [2.24, 2.45) is 0 Å². The Kier molecular flexibility index (Phi) is 8.07. The molecule has 33 heavy (non-hydrogen) atoms. The Hall–Kier alpha value is -3.37. The van der Waals surface area contributed by atoms with Crippen LogP contribution >= 0.6 is 0 Å². The van der Waals surface area contributed by atoms with Gasteiger partial charge < -0.3 is 20.5 Å². The highest BCUT2D eigenvalue weighted by molar-refractivity contribution is 7.89. The molecule has 2 aromatic rings. The maximum Gasteiger partial charge on any atom is 0.324 e. The number of carboxylic acid groups (broad SMARTS) is 1. The Morgan fingerprint density at radius 1 is 1.09 bits per heavy atom. The minimum absolute atomic E-state index is 0.0593. The molecule has 0 aromatic heterocycles. The van der Waals surface area contributed by atoms with Gasteiger partial charge in [0.25, 0.3) is 0 Å². The van der Waals surface area contributed by atoms with Crippen LogP contribution < -0.4 is 15.4 Å². The molecular weight excluding hydrogens is 446 g/mol. The van der Waals surface area contributed by atoms with Crippen LogP contribution in [0.2, 0.25) is 0 Å². The number of hydrogen-bond acceptors (Lipinski definition) is 5. The number of nitrogens with zero attached hydrogens (tertiary/aromatic N) is 1. The monoisotopic (exact) mass is 473 g/mol. The second-order valence-corrected chi connectivity index (χ2v) is 9.37. The number of aliphatic carboxylic acids is 1. The minimum atomic E-state index is -4.15. The lowest BCUT2D eigenvalue weighted by atomic mass is 10.1. The molecule has 1 aliphatic rings. The van der Waals surface area contributed by atoms with Crippen LogP contribution in [0.3, 0.4) is 0 Å². The Morgan fingerprint density at radius 3 is 2.42 bits per heavy atom. The molecule has 0 radical (unpaired) electrons. The van der Waals surface area contributed by atoms with Crippen molar-refractivity contribution < 1.29 is 27.9 Å². The summed E-state index contributed by atoms with van der Waals surface area (Å²) in [7, 11) is -2.69. The summed E-state index contributed by atoms with van der Waals surface area (Å²) in [5.41, 5.74) is 1.05. The van der Waals surface area contributed by atoms with E-state index in [9.17, 15) is 23.1 Å². The number of amides is 2. The number of sulfonamides is 1. The number of carbonyl (C=O) groups is 2. The fourth-order valence-corrected chi connectivity index (χ4v) is 5.18. The molecule has 0 spiro atoms. The summed E-state index contributed by atoms with van der Waals surface area (Å²) < 4.78 is 32.5. The number of carboxylic acids is 1. The molecule has 10 heteroatoms. The zero-order valence-corrected chi connectivity index (χ0v) is 19.0. The van der Waals surface area contributed by atoms with E-state index in [-0.39, 0.29) is 17.9 Å². The Bertz CT molecular complexity index is 1090. The lowest BCUT2D eigenvalue weighted by Crippen LogP contribution is -2.58. The Balaban J connectivity index is 1.74. The molecule has 1 heterocycles. The Morgan fingerprint density at radius 2 is 1.79 bits per heavy atom. The first-order valence-corrected chi connectivity index (χ1v) is 11.9. The summed E-state index contributed by atoms with van der Waals surface area (Å²) in [6.45, 7) is 0.225. The number of urea groups is 1. The molecule has 1 aliphatic heterocycles. The summed E-state index contributed by atoms with van der Waals surface area (Å²) in [5.74, 6) is -0.864. The third kappa shape index (κ3) is 6.11. The summed E-state index contributed by atoms with van der Waals surface area (Å²) in [5, 5.41) is 15.3.